The number of hydrogen-bond acceptors (Lipinski definition) is 2. The van der Waals surface area contributed by atoms with Crippen molar-refractivity contribution < 1.29 is 0 Å². The van der Waals surface area contributed by atoms with Gasteiger partial charge < -0.3 is 5.73 Å². The van der Waals surface area contributed by atoms with Gasteiger partial charge in [-0.1, -0.05) is 55.8 Å². The van der Waals surface area contributed by atoms with Crippen molar-refractivity contribution in [3.63, 3.8) is 0 Å². The van der Waals surface area contributed by atoms with Gasteiger partial charge in [-0.2, -0.15) is 0 Å². The molecule has 0 fully saturated rings. The molecule has 120 valence electrons. The van der Waals surface area contributed by atoms with Crippen LogP contribution in [-0.2, 0) is 0 Å². The molecule has 0 bridgehead atoms. The second kappa shape index (κ2) is 9.60. The molecule has 0 aromatic heterocycles. The third-order valence-electron chi connectivity index (χ3n) is 3.91. The molecule has 1 aromatic carbocycles. The van der Waals surface area contributed by atoms with E-state index >= 15 is 0 Å². The number of halogens is 1. The summed E-state index contributed by atoms with van der Waals surface area (Å²) in [6.07, 6.45) is 2.45. The van der Waals surface area contributed by atoms with E-state index in [1.165, 1.54) is 18.4 Å². The highest BCUT2D eigenvalue weighted by atomic mass is 79.9. The van der Waals surface area contributed by atoms with Gasteiger partial charge in [-0.25, -0.2) is 0 Å². The Balaban J connectivity index is 2.82. The van der Waals surface area contributed by atoms with Crippen molar-refractivity contribution in [3.8, 4) is 0 Å². The highest BCUT2D eigenvalue weighted by molar-refractivity contribution is 9.10. The minimum absolute atomic E-state index is 0.329. The summed E-state index contributed by atoms with van der Waals surface area (Å²) in [6, 6.07) is 8.94. The zero-order valence-corrected chi connectivity index (χ0v) is 15.6. The lowest BCUT2D eigenvalue weighted by Crippen LogP contribution is -2.36. The second-order valence-corrected chi connectivity index (χ2v) is 7.62. The average Bonchev–Trinajstić information content (AvgIpc) is 2.43. The molecule has 1 aromatic rings. The summed E-state index contributed by atoms with van der Waals surface area (Å²) in [5.74, 6) is 1.46. The molecule has 21 heavy (non-hydrogen) atoms. The van der Waals surface area contributed by atoms with E-state index in [2.05, 4.69) is 72.8 Å². The molecular formula is C18H31BrN2. The van der Waals surface area contributed by atoms with Crippen molar-refractivity contribution >= 4 is 15.9 Å². The molecule has 0 amide bonds. The SMILES string of the molecule is CC(C)CCN(CCC(C)C)C(CN)c1ccc(Br)cc1. The molecule has 0 aliphatic heterocycles. The van der Waals surface area contributed by atoms with Crippen LogP contribution in [-0.4, -0.2) is 24.5 Å². The van der Waals surface area contributed by atoms with E-state index in [0.717, 1.165) is 29.4 Å². The van der Waals surface area contributed by atoms with Crippen LogP contribution in [0.4, 0.5) is 0 Å². The van der Waals surface area contributed by atoms with Gasteiger partial charge in [0.1, 0.15) is 0 Å². The van der Waals surface area contributed by atoms with E-state index in [-0.39, 0.29) is 0 Å². The van der Waals surface area contributed by atoms with Crippen LogP contribution in [0.15, 0.2) is 28.7 Å². The first-order valence-electron chi connectivity index (χ1n) is 8.13. The first kappa shape index (κ1) is 18.7. The van der Waals surface area contributed by atoms with E-state index < -0.39 is 0 Å². The lowest BCUT2D eigenvalue weighted by Gasteiger charge is -2.32. The van der Waals surface area contributed by atoms with Crippen LogP contribution in [0, 0.1) is 11.8 Å². The number of rotatable bonds is 9. The molecule has 3 heteroatoms. The van der Waals surface area contributed by atoms with Crippen molar-refractivity contribution in [1.29, 1.82) is 0 Å². The summed E-state index contributed by atoms with van der Waals surface area (Å²) in [6.45, 7) is 12.1. The molecule has 1 unspecified atom stereocenters. The maximum atomic E-state index is 6.10. The van der Waals surface area contributed by atoms with Gasteiger partial charge in [-0.05, 0) is 55.5 Å². The molecule has 1 atom stereocenters. The van der Waals surface area contributed by atoms with E-state index in [1.807, 2.05) is 0 Å². The highest BCUT2D eigenvalue weighted by Gasteiger charge is 2.19. The van der Waals surface area contributed by atoms with Gasteiger partial charge in [0, 0.05) is 17.1 Å². The fourth-order valence-electron chi connectivity index (χ4n) is 2.45. The van der Waals surface area contributed by atoms with Gasteiger partial charge in [0.2, 0.25) is 0 Å². The largest absolute Gasteiger partial charge is 0.329 e. The van der Waals surface area contributed by atoms with E-state index in [0.29, 0.717) is 12.6 Å². The van der Waals surface area contributed by atoms with E-state index in [4.69, 9.17) is 5.73 Å². The second-order valence-electron chi connectivity index (χ2n) is 6.70. The van der Waals surface area contributed by atoms with Gasteiger partial charge in [-0.15, -0.1) is 0 Å². The smallest absolute Gasteiger partial charge is 0.0470 e. The number of nitrogens with zero attached hydrogens (tertiary/aromatic N) is 1. The van der Waals surface area contributed by atoms with Crippen LogP contribution in [0.3, 0.4) is 0 Å². The quantitative estimate of drug-likeness (QED) is 0.687. The number of benzene rings is 1. The Kier molecular flexibility index (Phi) is 8.53. The third-order valence-corrected chi connectivity index (χ3v) is 4.43. The van der Waals surface area contributed by atoms with Crippen molar-refractivity contribution in [1.82, 2.24) is 4.90 Å². The molecule has 0 radical (unpaired) electrons. The summed E-state index contributed by atoms with van der Waals surface area (Å²) >= 11 is 3.51. The maximum absolute atomic E-state index is 6.10. The number of nitrogens with two attached hydrogens (primary N) is 1. The van der Waals surface area contributed by atoms with Gasteiger partial charge in [-0.3, -0.25) is 4.90 Å². The van der Waals surface area contributed by atoms with Crippen LogP contribution in [0.2, 0.25) is 0 Å². The zero-order valence-electron chi connectivity index (χ0n) is 14.0. The van der Waals surface area contributed by atoms with Crippen molar-refractivity contribution in [2.45, 2.75) is 46.6 Å². The summed E-state index contributed by atoms with van der Waals surface area (Å²) in [7, 11) is 0. The Morgan fingerprint density at radius 3 is 1.81 bits per heavy atom. The lowest BCUT2D eigenvalue weighted by atomic mass is 10.0. The Morgan fingerprint density at radius 2 is 1.43 bits per heavy atom. The fourth-order valence-corrected chi connectivity index (χ4v) is 2.72. The molecule has 0 saturated carbocycles. The van der Waals surface area contributed by atoms with E-state index in [9.17, 15) is 0 Å². The molecule has 0 heterocycles. The normalized spacial score (nSPS) is 13.4. The molecule has 1 rings (SSSR count). The topological polar surface area (TPSA) is 29.3 Å². The standard InChI is InChI=1S/C18H31BrN2/c1-14(2)9-11-21(12-10-15(3)4)18(13-20)16-5-7-17(19)8-6-16/h5-8,14-15,18H,9-13,20H2,1-4H3. The average molecular weight is 355 g/mol. The lowest BCUT2D eigenvalue weighted by molar-refractivity contribution is 0.181. The van der Waals surface area contributed by atoms with Crippen LogP contribution in [0.1, 0.15) is 52.1 Å². The third kappa shape index (κ3) is 6.94. The first-order chi connectivity index (χ1) is 9.93. The first-order valence-corrected chi connectivity index (χ1v) is 8.93. The van der Waals surface area contributed by atoms with E-state index in [1.54, 1.807) is 0 Å². The van der Waals surface area contributed by atoms with Gasteiger partial charge >= 0.3 is 0 Å². The molecule has 0 aliphatic rings. The molecule has 2 nitrogen and oxygen atoms in total. The minimum Gasteiger partial charge on any atom is -0.329 e. The molecule has 0 saturated heterocycles. The zero-order chi connectivity index (χ0) is 15.8. The molecule has 2 N–H and O–H groups in total. The van der Waals surface area contributed by atoms with Crippen LogP contribution in [0.25, 0.3) is 0 Å². The maximum Gasteiger partial charge on any atom is 0.0470 e. The summed E-state index contributed by atoms with van der Waals surface area (Å²) in [5.41, 5.74) is 7.43. The molecule has 0 aliphatic carbocycles. The Labute approximate surface area is 139 Å². The van der Waals surface area contributed by atoms with Crippen LogP contribution < -0.4 is 5.73 Å². The minimum atomic E-state index is 0.329. The summed E-state index contributed by atoms with van der Waals surface area (Å²) < 4.78 is 1.12. The van der Waals surface area contributed by atoms with Gasteiger partial charge in [0.05, 0.1) is 0 Å². The van der Waals surface area contributed by atoms with Gasteiger partial charge in [0.15, 0.2) is 0 Å². The predicted octanol–water partition coefficient (Wildman–Crippen LogP) is 4.84. The van der Waals surface area contributed by atoms with Crippen LogP contribution in [0.5, 0.6) is 0 Å². The van der Waals surface area contributed by atoms with Crippen LogP contribution >= 0.6 is 15.9 Å². The fraction of sp³-hybridized carbons (Fsp3) is 0.667. The Morgan fingerprint density at radius 1 is 0.952 bits per heavy atom. The molecule has 0 spiro atoms. The van der Waals surface area contributed by atoms with Gasteiger partial charge in [0.25, 0.3) is 0 Å². The predicted molar refractivity (Wildman–Crippen MR) is 96.4 cm³/mol. The highest BCUT2D eigenvalue weighted by Crippen LogP contribution is 2.23. The van der Waals surface area contributed by atoms with Crippen molar-refractivity contribution in [2.24, 2.45) is 17.6 Å². The Hall–Kier alpha value is -0.380. The van der Waals surface area contributed by atoms with Crippen molar-refractivity contribution in [3.05, 3.63) is 34.3 Å². The molecular weight excluding hydrogens is 324 g/mol. The monoisotopic (exact) mass is 354 g/mol. The Bertz CT molecular complexity index is 375. The number of hydrogen-bond donors (Lipinski definition) is 1. The van der Waals surface area contributed by atoms with Crippen molar-refractivity contribution in [2.75, 3.05) is 19.6 Å². The summed E-state index contributed by atoms with van der Waals surface area (Å²) in [4.78, 5) is 2.57. The summed E-state index contributed by atoms with van der Waals surface area (Å²) in [5, 5.41) is 0.